The van der Waals surface area contributed by atoms with Crippen LogP contribution in [0.5, 0.6) is 0 Å². The molecule has 1 aliphatic heterocycles. The molecular weight excluding hydrogens is 407 g/mol. The van der Waals surface area contributed by atoms with Crippen molar-refractivity contribution in [3.8, 4) is 11.5 Å². The Balaban J connectivity index is 1.47. The molecule has 1 saturated heterocycles. The van der Waals surface area contributed by atoms with Crippen LogP contribution < -0.4 is 0 Å². The average molecular weight is 423 g/mol. The fraction of sp³-hybridized carbons (Fsp3) is 0.263. The average Bonchev–Trinajstić information content (AvgIpc) is 3.18. The third-order valence-electron chi connectivity index (χ3n) is 4.84. The van der Waals surface area contributed by atoms with Crippen molar-refractivity contribution in [2.75, 3.05) is 13.1 Å². The monoisotopic (exact) mass is 423 g/mol. The van der Waals surface area contributed by atoms with Crippen LogP contribution in [0, 0.1) is 17.5 Å². The molecule has 1 aromatic heterocycles. The third kappa shape index (κ3) is 3.90. The molecule has 10 heteroatoms. The smallest absolute Gasteiger partial charge is 0.258 e. The van der Waals surface area contributed by atoms with E-state index >= 15 is 0 Å². The molecule has 0 unspecified atom stereocenters. The van der Waals surface area contributed by atoms with E-state index in [2.05, 4.69) is 10.1 Å². The second-order valence-corrected chi connectivity index (χ2v) is 8.63. The van der Waals surface area contributed by atoms with Gasteiger partial charge in [-0.2, -0.15) is 9.29 Å². The van der Waals surface area contributed by atoms with Crippen molar-refractivity contribution in [2.45, 2.75) is 23.7 Å². The Bertz CT molecular complexity index is 1140. The number of hydrogen-bond donors (Lipinski definition) is 0. The molecule has 3 aromatic rings. The summed E-state index contributed by atoms with van der Waals surface area (Å²) in [7, 11) is -4.07. The molecule has 6 nitrogen and oxygen atoms in total. The van der Waals surface area contributed by atoms with E-state index in [1.165, 1.54) is 18.2 Å². The Kier molecular flexibility index (Phi) is 5.13. The predicted octanol–water partition coefficient (Wildman–Crippen LogP) is 3.72. The zero-order valence-electron chi connectivity index (χ0n) is 15.1. The van der Waals surface area contributed by atoms with E-state index in [0.29, 0.717) is 30.3 Å². The number of halogens is 3. The quantitative estimate of drug-likeness (QED) is 0.639. The van der Waals surface area contributed by atoms with E-state index in [1.807, 2.05) is 0 Å². The van der Waals surface area contributed by atoms with Crippen molar-refractivity contribution in [3.05, 3.63) is 65.7 Å². The Morgan fingerprint density at radius 2 is 1.72 bits per heavy atom. The molecule has 152 valence electrons. The standard InChI is InChI=1S/C19H16F3N3O3S/c20-14-3-1-2-13(10-14)19-23-18(24-28-19)12-6-8-25(9-7-12)29(26,27)17-5-4-15(21)11-16(17)22/h1-5,10-12H,6-9H2. The molecule has 1 fully saturated rings. The minimum absolute atomic E-state index is 0.133. The summed E-state index contributed by atoms with van der Waals surface area (Å²) in [6, 6.07) is 8.16. The summed E-state index contributed by atoms with van der Waals surface area (Å²) >= 11 is 0. The largest absolute Gasteiger partial charge is 0.334 e. The van der Waals surface area contributed by atoms with Crippen molar-refractivity contribution in [2.24, 2.45) is 0 Å². The van der Waals surface area contributed by atoms with Crippen LogP contribution in [0.25, 0.3) is 11.5 Å². The molecule has 0 aliphatic carbocycles. The Labute approximate surface area is 165 Å². The van der Waals surface area contributed by atoms with Gasteiger partial charge in [0.25, 0.3) is 5.89 Å². The molecule has 1 aliphatic rings. The van der Waals surface area contributed by atoms with Gasteiger partial charge in [0.05, 0.1) is 0 Å². The van der Waals surface area contributed by atoms with Crippen LogP contribution in [0.4, 0.5) is 13.2 Å². The molecule has 0 spiro atoms. The zero-order valence-corrected chi connectivity index (χ0v) is 15.9. The van der Waals surface area contributed by atoms with Gasteiger partial charge in [0.15, 0.2) is 5.82 Å². The third-order valence-corrected chi connectivity index (χ3v) is 6.78. The molecule has 0 bridgehead atoms. The minimum Gasteiger partial charge on any atom is -0.334 e. The highest BCUT2D eigenvalue weighted by molar-refractivity contribution is 7.89. The number of sulfonamides is 1. The van der Waals surface area contributed by atoms with Crippen molar-refractivity contribution in [1.82, 2.24) is 14.4 Å². The maximum atomic E-state index is 13.9. The highest BCUT2D eigenvalue weighted by Crippen LogP contribution is 2.31. The Hall–Kier alpha value is -2.72. The van der Waals surface area contributed by atoms with Crippen LogP contribution in [-0.2, 0) is 10.0 Å². The van der Waals surface area contributed by atoms with Gasteiger partial charge in [-0.1, -0.05) is 11.2 Å². The van der Waals surface area contributed by atoms with Crippen LogP contribution in [0.2, 0.25) is 0 Å². The second kappa shape index (κ2) is 7.60. The van der Waals surface area contributed by atoms with Crippen LogP contribution >= 0.6 is 0 Å². The summed E-state index contributed by atoms with van der Waals surface area (Å²) < 4.78 is 72.0. The van der Waals surface area contributed by atoms with Gasteiger partial charge in [-0.3, -0.25) is 0 Å². The highest BCUT2D eigenvalue weighted by Gasteiger charge is 2.33. The summed E-state index contributed by atoms with van der Waals surface area (Å²) in [5.41, 5.74) is 0.454. The van der Waals surface area contributed by atoms with Crippen molar-refractivity contribution < 1.29 is 26.1 Å². The normalized spacial score (nSPS) is 16.2. The van der Waals surface area contributed by atoms with Crippen LogP contribution in [0.15, 0.2) is 51.9 Å². The van der Waals surface area contributed by atoms with Gasteiger partial charge in [-0.25, -0.2) is 21.6 Å². The first-order chi connectivity index (χ1) is 13.8. The Morgan fingerprint density at radius 1 is 1.00 bits per heavy atom. The van der Waals surface area contributed by atoms with Crippen LogP contribution in [-0.4, -0.2) is 36.0 Å². The minimum atomic E-state index is -4.07. The predicted molar refractivity (Wildman–Crippen MR) is 96.8 cm³/mol. The van der Waals surface area contributed by atoms with Gasteiger partial charge >= 0.3 is 0 Å². The van der Waals surface area contributed by atoms with Crippen molar-refractivity contribution >= 4 is 10.0 Å². The molecular formula is C19H16F3N3O3S. The van der Waals surface area contributed by atoms with Gasteiger partial charge in [0.1, 0.15) is 22.3 Å². The van der Waals surface area contributed by atoms with E-state index in [4.69, 9.17) is 4.52 Å². The lowest BCUT2D eigenvalue weighted by molar-refractivity contribution is 0.306. The summed E-state index contributed by atoms with van der Waals surface area (Å²) in [5, 5.41) is 3.94. The van der Waals surface area contributed by atoms with Gasteiger partial charge in [-0.05, 0) is 43.2 Å². The molecule has 29 heavy (non-hydrogen) atoms. The van der Waals surface area contributed by atoms with E-state index in [0.717, 1.165) is 16.4 Å². The van der Waals surface area contributed by atoms with E-state index < -0.39 is 32.4 Å². The highest BCUT2D eigenvalue weighted by atomic mass is 32.2. The summed E-state index contributed by atoms with van der Waals surface area (Å²) in [6.07, 6.45) is 0.814. The van der Waals surface area contributed by atoms with Crippen molar-refractivity contribution in [1.29, 1.82) is 0 Å². The fourth-order valence-corrected chi connectivity index (χ4v) is 4.83. The zero-order chi connectivity index (χ0) is 20.6. The van der Waals surface area contributed by atoms with Gasteiger partial charge in [0, 0.05) is 30.6 Å². The van der Waals surface area contributed by atoms with Crippen LogP contribution in [0.1, 0.15) is 24.6 Å². The van der Waals surface area contributed by atoms with E-state index in [9.17, 15) is 21.6 Å². The first kappa shape index (κ1) is 19.6. The lowest BCUT2D eigenvalue weighted by Crippen LogP contribution is -2.38. The molecule has 0 N–H and O–H groups in total. The van der Waals surface area contributed by atoms with E-state index in [1.54, 1.807) is 6.07 Å². The maximum absolute atomic E-state index is 13.9. The number of piperidine rings is 1. The number of nitrogens with zero attached hydrogens (tertiary/aromatic N) is 3. The summed E-state index contributed by atoms with van der Waals surface area (Å²) in [4.78, 5) is 3.75. The topological polar surface area (TPSA) is 76.3 Å². The maximum Gasteiger partial charge on any atom is 0.258 e. The first-order valence-corrected chi connectivity index (χ1v) is 10.3. The van der Waals surface area contributed by atoms with Crippen molar-refractivity contribution in [3.63, 3.8) is 0 Å². The van der Waals surface area contributed by atoms with Crippen LogP contribution in [0.3, 0.4) is 0 Å². The fourth-order valence-electron chi connectivity index (χ4n) is 3.32. The molecule has 2 heterocycles. The number of hydrogen-bond acceptors (Lipinski definition) is 5. The molecule has 0 saturated carbocycles. The number of rotatable bonds is 4. The summed E-state index contributed by atoms with van der Waals surface area (Å²) in [6.45, 7) is 0.265. The molecule has 4 rings (SSSR count). The molecule has 2 aromatic carbocycles. The lowest BCUT2D eigenvalue weighted by Gasteiger charge is -2.29. The molecule has 0 amide bonds. The SMILES string of the molecule is O=S(=O)(c1ccc(F)cc1F)N1CCC(c2noc(-c3cccc(F)c3)n2)CC1. The number of benzene rings is 2. The van der Waals surface area contributed by atoms with Gasteiger partial charge < -0.3 is 4.52 Å². The lowest BCUT2D eigenvalue weighted by atomic mass is 9.97. The Morgan fingerprint density at radius 3 is 2.41 bits per heavy atom. The molecule has 0 radical (unpaired) electrons. The van der Waals surface area contributed by atoms with E-state index in [-0.39, 0.29) is 24.9 Å². The second-order valence-electron chi connectivity index (χ2n) is 6.72. The number of aromatic nitrogens is 2. The molecule has 0 atom stereocenters. The van der Waals surface area contributed by atoms with Gasteiger partial charge in [0.2, 0.25) is 10.0 Å². The summed E-state index contributed by atoms with van der Waals surface area (Å²) in [5.74, 6) is -1.94. The first-order valence-electron chi connectivity index (χ1n) is 8.89. The van der Waals surface area contributed by atoms with Gasteiger partial charge in [-0.15, -0.1) is 0 Å².